The minimum absolute atomic E-state index is 0.0598. The molecule has 0 N–H and O–H groups in total. The van der Waals surface area contributed by atoms with Crippen LogP contribution in [-0.2, 0) is 16.1 Å². The average Bonchev–Trinajstić information content (AvgIpc) is 2.54. The van der Waals surface area contributed by atoms with Crippen molar-refractivity contribution in [3.05, 3.63) is 74.0 Å². The monoisotopic (exact) mass is 352 g/mol. The number of pyridine rings is 1. The van der Waals surface area contributed by atoms with E-state index < -0.39 is 10.9 Å². The van der Waals surface area contributed by atoms with Crippen molar-refractivity contribution in [2.24, 2.45) is 0 Å². The molecule has 0 spiro atoms. The molecule has 0 unspecified atom stereocenters. The Labute approximate surface area is 141 Å². The zero-order chi connectivity index (χ0) is 16.8. The van der Waals surface area contributed by atoms with Crippen molar-refractivity contribution in [2.75, 3.05) is 0 Å². The van der Waals surface area contributed by atoms with Gasteiger partial charge in [0.2, 0.25) is 0 Å². The second kappa shape index (κ2) is 7.71. The quantitative estimate of drug-likeness (QED) is 0.266. The fraction of sp³-hybridized carbons (Fsp3) is 0.0667. The third-order valence-corrected chi connectivity index (χ3v) is 3.28. The van der Waals surface area contributed by atoms with Crippen molar-refractivity contribution in [3.8, 4) is 0 Å². The van der Waals surface area contributed by atoms with Crippen LogP contribution in [0, 0.1) is 10.1 Å². The zero-order valence-corrected chi connectivity index (χ0v) is 13.1. The van der Waals surface area contributed by atoms with E-state index in [9.17, 15) is 14.9 Å². The summed E-state index contributed by atoms with van der Waals surface area (Å²) in [5.74, 6) is -0.630. The molecular weight excluding hydrogens is 343 g/mol. The second-order valence-corrected chi connectivity index (χ2v) is 5.15. The molecule has 2 rings (SSSR count). The molecule has 0 bridgehead atoms. The number of benzene rings is 1. The molecule has 2 aromatic rings. The average molecular weight is 353 g/mol. The summed E-state index contributed by atoms with van der Waals surface area (Å²) in [6, 6.07) is 8.95. The lowest BCUT2D eigenvalue weighted by Crippen LogP contribution is -2.03. The Morgan fingerprint density at radius 3 is 2.83 bits per heavy atom. The standard InChI is InChI=1S/C15H10Cl2N2O4/c16-12-5-6-14(17)18-13(12)9-23-15(20)7-4-10-2-1-3-11(8-10)19(21)22/h1-8H,9H2/b7-4+. The van der Waals surface area contributed by atoms with Gasteiger partial charge in [0.05, 0.1) is 15.6 Å². The van der Waals surface area contributed by atoms with Gasteiger partial charge in [-0.2, -0.15) is 0 Å². The lowest BCUT2D eigenvalue weighted by Gasteiger charge is -2.04. The highest BCUT2D eigenvalue weighted by Crippen LogP contribution is 2.18. The van der Waals surface area contributed by atoms with E-state index in [0.29, 0.717) is 16.3 Å². The van der Waals surface area contributed by atoms with Gasteiger partial charge in [-0.15, -0.1) is 0 Å². The summed E-state index contributed by atoms with van der Waals surface area (Å²) in [5.41, 5.74) is 0.793. The molecule has 0 aliphatic carbocycles. The summed E-state index contributed by atoms with van der Waals surface area (Å²) in [4.78, 5) is 25.8. The molecule has 0 atom stereocenters. The van der Waals surface area contributed by atoms with Gasteiger partial charge in [0.25, 0.3) is 5.69 Å². The lowest BCUT2D eigenvalue weighted by molar-refractivity contribution is -0.384. The predicted octanol–water partition coefficient (Wildman–Crippen LogP) is 4.05. The number of nitro groups is 1. The zero-order valence-electron chi connectivity index (χ0n) is 11.6. The number of carbonyl (C=O) groups excluding carboxylic acids is 1. The number of hydrogen-bond donors (Lipinski definition) is 0. The van der Waals surface area contributed by atoms with E-state index in [-0.39, 0.29) is 17.4 Å². The first-order valence-electron chi connectivity index (χ1n) is 6.36. The number of halogens is 2. The number of rotatable bonds is 5. The van der Waals surface area contributed by atoms with Crippen LogP contribution in [0.4, 0.5) is 5.69 Å². The molecule has 0 saturated heterocycles. The first-order valence-corrected chi connectivity index (χ1v) is 7.11. The van der Waals surface area contributed by atoms with Crippen molar-refractivity contribution >= 4 is 40.9 Å². The molecule has 6 nitrogen and oxygen atoms in total. The van der Waals surface area contributed by atoms with Crippen LogP contribution in [-0.4, -0.2) is 15.9 Å². The van der Waals surface area contributed by atoms with Gasteiger partial charge in [0.1, 0.15) is 11.8 Å². The Morgan fingerprint density at radius 2 is 2.09 bits per heavy atom. The summed E-state index contributed by atoms with van der Waals surface area (Å²) < 4.78 is 5.00. The fourth-order valence-electron chi connectivity index (χ4n) is 1.65. The Bertz CT molecular complexity index is 778. The Kier molecular flexibility index (Phi) is 5.67. The Hall–Kier alpha value is -2.44. The van der Waals surface area contributed by atoms with Gasteiger partial charge >= 0.3 is 5.97 Å². The minimum Gasteiger partial charge on any atom is -0.456 e. The predicted molar refractivity (Wildman–Crippen MR) is 86.2 cm³/mol. The number of carbonyl (C=O) groups is 1. The smallest absolute Gasteiger partial charge is 0.331 e. The number of esters is 1. The summed E-state index contributed by atoms with van der Waals surface area (Å²) >= 11 is 11.6. The van der Waals surface area contributed by atoms with E-state index in [1.54, 1.807) is 12.1 Å². The van der Waals surface area contributed by atoms with E-state index in [1.807, 2.05) is 0 Å². The van der Waals surface area contributed by atoms with Crippen molar-refractivity contribution in [1.29, 1.82) is 0 Å². The maximum Gasteiger partial charge on any atom is 0.331 e. The maximum absolute atomic E-state index is 11.7. The molecular formula is C15H10Cl2N2O4. The summed E-state index contributed by atoms with van der Waals surface area (Å²) in [6.07, 6.45) is 2.58. The molecule has 0 fully saturated rings. The summed E-state index contributed by atoms with van der Waals surface area (Å²) in [7, 11) is 0. The highest BCUT2D eigenvalue weighted by atomic mass is 35.5. The molecule has 0 aliphatic rings. The van der Waals surface area contributed by atoms with Crippen molar-refractivity contribution in [2.45, 2.75) is 6.61 Å². The SMILES string of the molecule is O=C(/C=C/c1cccc([N+](=O)[O-])c1)OCc1nc(Cl)ccc1Cl. The van der Waals surface area contributed by atoms with Crippen LogP contribution in [0.5, 0.6) is 0 Å². The molecule has 0 radical (unpaired) electrons. The van der Waals surface area contributed by atoms with Gasteiger partial charge in [-0.3, -0.25) is 10.1 Å². The van der Waals surface area contributed by atoms with E-state index in [1.165, 1.54) is 30.3 Å². The number of nitro benzene ring substituents is 1. The van der Waals surface area contributed by atoms with Crippen LogP contribution >= 0.6 is 23.2 Å². The highest BCUT2D eigenvalue weighted by Gasteiger charge is 2.07. The van der Waals surface area contributed by atoms with Crippen molar-refractivity contribution in [3.63, 3.8) is 0 Å². The topological polar surface area (TPSA) is 82.3 Å². The number of ether oxygens (including phenoxy) is 1. The Morgan fingerprint density at radius 1 is 1.30 bits per heavy atom. The van der Waals surface area contributed by atoms with Crippen LogP contribution in [0.15, 0.2) is 42.5 Å². The molecule has 1 aromatic carbocycles. The lowest BCUT2D eigenvalue weighted by atomic mass is 10.2. The van der Waals surface area contributed by atoms with E-state index in [4.69, 9.17) is 27.9 Å². The van der Waals surface area contributed by atoms with Gasteiger partial charge in [-0.25, -0.2) is 9.78 Å². The molecule has 118 valence electrons. The molecule has 1 heterocycles. The van der Waals surface area contributed by atoms with Gasteiger partial charge in [-0.1, -0.05) is 35.3 Å². The minimum atomic E-state index is -0.630. The van der Waals surface area contributed by atoms with Crippen LogP contribution in [0.1, 0.15) is 11.3 Å². The molecule has 1 aromatic heterocycles. The maximum atomic E-state index is 11.7. The van der Waals surface area contributed by atoms with Crippen molar-refractivity contribution in [1.82, 2.24) is 4.98 Å². The third-order valence-electron chi connectivity index (χ3n) is 2.73. The van der Waals surface area contributed by atoms with Crippen LogP contribution in [0.2, 0.25) is 10.2 Å². The first kappa shape index (κ1) is 16.9. The normalized spacial score (nSPS) is 10.7. The summed E-state index contributed by atoms with van der Waals surface area (Å²) in [6.45, 7) is -0.127. The number of aromatic nitrogens is 1. The van der Waals surface area contributed by atoms with Gasteiger partial charge in [0, 0.05) is 18.2 Å². The number of hydrogen-bond acceptors (Lipinski definition) is 5. The highest BCUT2D eigenvalue weighted by molar-refractivity contribution is 6.32. The number of non-ortho nitro benzene ring substituents is 1. The van der Waals surface area contributed by atoms with E-state index in [2.05, 4.69) is 4.98 Å². The summed E-state index contributed by atoms with van der Waals surface area (Å²) in [5, 5.41) is 11.3. The number of nitrogens with zero attached hydrogens (tertiary/aromatic N) is 2. The van der Waals surface area contributed by atoms with Crippen molar-refractivity contribution < 1.29 is 14.5 Å². The second-order valence-electron chi connectivity index (χ2n) is 4.36. The van der Waals surface area contributed by atoms with Crippen LogP contribution in [0.25, 0.3) is 6.08 Å². The molecule has 0 aliphatic heterocycles. The largest absolute Gasteiger partial charge is 0.456 e. The third kappa shape index (κ3) is 5.05. The Balaban J connectivity index is 1.98. The fourth-order valence-corrected chi connectivity index (χ4v) is 1.98. The van der Waals surface area contributed by atoms with Crippen LogP contribution < -0.4 is 0 Å². The van der Waals surface area contributed by atoms with E-state index in [0.717, 1.165) is 6.08 Å². The van der Waals surface area contributed by atoms with Gasteiger partial charge in [0.15, 0.2) is 0 Å². The van der Waals surface area contributed by atoms with E-state index >= 15 is 0 Å². The van der Waals surface area contributed by atoms with Gasteiger partial charge < -0.3 is 4.74 Å². The van der Waals surface area contributed by atoms with Gasteiger partial charge in [-0.05, 0) is 23.8 Å². The molecule has 0 saturated carbocycles. The molecule has 23 heavy (non-hydrogen) atoms. The van der Waals surface area contributed by atoms with Crippen LogP contribution in [0.3, 0.4) is 0 Å². The molecule has 0 amide bonds. The first-order chi connectivity index (χ1) is 11.0. The molecule has 8 heteroatoms.